The summed E-state index contributed by atoms with van der Waals surface area (Å²) in [6.45, 7) is 8.19. The molecule has 1 aliphatic heterocycles. The molecule has 5 rings (SSSR count). The van der Waals surface area contributed by atoms with Crippen LogP contribution in [-0.2, 0) is 23.5 Å². The van der Waals surface area contributed by atoms with Gasteiger partial charge >= 0.3 is 5.92 Å². The molecular weight excluding hydrogens is 517 g/mol. The highest BCUT2D eigenvalue weighted by atomic mass is 19.3. The number of halogens is 3. The monoisotopic (exact) mass is 556 g/mol. The lowest BCUT2D eigenvalue weighted by Gasteiger charge is -2.35. The Labute approximate surface area is 234 Å². The predicted octanol–water partition coefficient (Wildman–Crippen LogP) is 6.46. The van der Waals surface area contributed by atoms with Gasteiger partial charge in [-0.1, -0.05) is 12.1 Å². The summed E-state index contributed by atoms with van der Waals surface area (Å²) in [4.78, 5) is 12.0. The number of aromatic nitrogens is 2. The van der Waals surface area contributed by atoms with Crippen molar-refractivity contribution in [3.63, 3.8) is 0 Å². The molecular formula is C31H39F3N4O2. The molecule has 216 valence electrons. The van der Waals surface area contributed by atoms with E-state index in [2.05, 4.69) is 21.3 Å². The largest absolute Gasteiger partial charge is 0.384 e. The number of rotatable bonds is 8. The van der Waals surface area contributed by atoms with Crippen LogP contribution >= 0.6 is 0 Å². The van der Waals surface area contributed by atoms with Crippen molar-refractivity contribution in [2.24, 2.45) is 5.92 Å². The Bertz CT molecular complexity index is 1400. The molecule has 0 amide bonds. The Morgan fingerprint density at radius 3 is 2.52 bits per heavy atom. The highest BCUT2D eigenvalue weighted by Crippen LogP contribution is 2.43. The zero-order chi connectivity index (χ0) is 28.8. The lowest BCUT2D eigenvalue weighted by Crippen LogP contribution is -2.41. The zero-order valence-corrected chi connectivity index (χ0v) is 24.0. The van der Waals surface area contributed by atoms with Gasteiger partial charge in [-0.3, -0.25) is 0 Å². The number of ether oxygens (including phenoxy) is 1. The molecule has 0 saturated carbocycles. The first kappa shape index (κ1) is 28.6. The minimum absolute atomic E-state index is 0.0763. The minimum atomic E-state index is -3.77. The number of aryl methyl sites for hydroxylation is 2. The van der Waals surface area contributed by atoms with E-state index in [0.29, 0.717) is 17.6 Å². The van der Waals surface area contributed by atoms with Crippen molar-refractivity contribution >= 4 is 22.4 Å². The van der Waals surface area contributed by atoms with E-state index in [4.69, 9.17) is 9.72 Å². The van der Waals surface area contributed by atoms with Crippen LogP contribution in [-0.4, -0.2) is 47.5 Å². The average Bonchev–Trinajstić information content (AvgIpc) is 3.39. The van der Waals surface area contributed by atoms with E-state index in [-0.39, 0.29) is 5.56 Å². The van der Waals surface area contributed by atoms with Crippen molar-refractivity contribution in [2.45, 2.75) is 77.4 Å². The number of anilines is 2. The van der Waals surface area contributed by atoms with Crippen LogP contribution in [0.2, 0.25) is 0 Å². The molecule has 0 radical (unpaired) electrons. The number of hydrogen-bond donors (Lipinski definition) is 2. The Morgan fingerprint density at radius 2 is 1.85 bits per heavy atom. The smallest absolute Gasteiger partial charge is 0.303 e. The summed E-state index contributed by atoms with van der Waals surface area (Å²) in [6, 6.07) is 5.39. The minimum Gasteiger partial charge on any atom is -0.384 e. The maximum absolute atomic E-state index is 15.5. The first-order chi connectivity index (χ1) is 18.9. The third-order valence-electron chi connectivity index (χ3n) is 8.46. The maximum Gasteiger partial charge on any atom is 0.303 e. The molecule has 40 heavy (non-hydrogen) atoms. The van der Waals surface area contributed by atoms with Crippen molar-refractivity contribution < 1.29 is 23.0 Å². The van der Waals surface area contributed by atoms with Crippen molar-refractivity contribution in [1.82, 2.24) is 9.97 Å². The number of nitrogens with one attached hydrogen (secondary N) is 1. The van der Waals surface area contributed by atoms with Gasteiger partial charge in [0, 0.05) is 43.4 Å². The van der Waals surface area contributed by atoms with Gasteiger partial charge in [-0.05, 0) is 89.0 Å². The third kappa shape index (κ3) is 5.14. The Balaban J connectivity index is 1.53. The molecule has 1 aliphatic carbocycles. The van der Waals surface area contributed by atoms with Crippen molar-refractivity contribution in [1.29, 1.82) is 0 Å². The molecule has 2 aliphatic rings. The first-order valence-electron chi connectivity index (χ1n) is 14.1. The van der Waals surface area contributed by atoms with E-state index in [1.54, 1.807) is 14.0 Å². The zero-order valence-electron chi connectivity index (χ0n) is 24.0. The van der Waals surface area contributed by atoms with Gasteiger partial charge in [0.2, 0.25) is 0 Å². The van der Waals surface area contributed by atoms with Crippen LogP contribution < -0.4 is 10.2 Å². The highest BCUT2D eigenvalue weighted by molar-refractivity contribution is 5.96. The molecule has 3 aromatic rings. The van der Waals surface area contributed by atoms with Crippen LogP contribution in [0.15, 0.2) is 24.3 Å². The number of benzene rings is 2. The van der Waals surface area contributed by atoms with Crippen LogP contribution in [0.4, 0.5) is 24.7 Å². The second kappa shape index (κ2) is 10.8. The topological polar surface area (TPSA) is 70.5 Å². The van der Waals surface area contributed by atoms with Crippen LogP contribution in [0.5, 0.6) is 0 Å². The lowest BCUT2D eigenvalue weighted by atomic mass is 9.91. The molecule has 2 N–H and O–H groups in total. The van der Waals surface area contributed by atoms with Gasteiger partial charge in [0.25, 0.3) is 0 Å². The Morgan fingerprint density at radius 1 is 1.15 bits per heavy atom. The summed E-state index contributed by atoms with van der Waals surface area (Å²) in [5.41, 5.74) is 1.53. The summed E-state index contributed by atoms with van der Waals surface area (Å²) in [5.74, 6) is -3.10. The number of fused-ring (bicyclic) bond motifs is 3. The summed E-state index contributed by atoms with van der Waals surface area (Å²) in [6.07, 6.45) is 5.15. The normalized spacial score (nSPS) is 17.4. The molecule has 1 fully saturated rings. The van der Waals surface area contributed by atoms with Crippen molar-refractivity contribution in [2.75, 3.05) is 37.0 Å². The van der Waals surface area contributed by atoms with Gasteiger partial charge < -0.3 is 20.1 Å². The number of hydrogen-bond acceptors (Lipinski definition) is 6. The van der Waals surface area contributed by atoms with E-state index < -0.39 is 28.9 Å². The molecule has 0 spiro atoms. The molecule has 2 heterocycles. The van der Waals surface area contributed by atoms with Gasteiger partial charge in [-0.2, -0.15) is 8.78 Å². The number of aliphatic hydroxyl groups is 1. The molecule has 0 bridgehead atoms. The molecule has 2 aromatic carbocycles. The van der Waals surface area contributed by atoms with Crippen LogP contribution in [0.25, 0.3) is 10.9 Å². The SMILES string of the molecule is COCC1CCN(c2cc3c(NC(C)c4cccc(C(F)(F)C(C)(C)O)c4F)nc(C)nc3c3c2CCC3)CC1. The van der Waals surface area contributed by atoms with Crippen LogP contribution in [0, 0.1) is 18.7 Å². The Hall–Kier alpha value is -2.91. The summed E-state index contributed by atoms with van der Waals surface area (Å²) in [7, 11) is 1.75. The number of nitrogens with zero attached hydrogens (tertiary/aromatic N) is 3. The first-order valence-corrected chi connectivity index (χ1v) is 14.1. The van der Waals surface area contributed by atoms with E-state index >= 15 is 4.39 Å². The molecule has 1 atom stereocenters. The van der Waals surface area contributed by atoms with Gasteiger partial charge in [0.15, 0.2) is 0 Å². The van der Waals surface area contributed by atoms with E-state index in [0.717, 1.165) is 82.6 Å². The highest BCUT2D eigenvalue weighted by Gasteiger charge is 2.49. The standard InChI is InChI=1S/C31H39F3N4O2/c1-18(21-8-7-11-25(27(21)32)31(33,34)30(3,4)39)35-29-24-16-26(38-14-12-20(13-15-38)17-40-5)22-9-6-10-23(22)28(24)36-19(2)37-29/h7-8,11,16,18,20,39H,6,9-10,12-15,17H2,1-5H3,(H,35,36,37). The van der Waals surface area contributed by atoms with E-state index in [9.17, 15) is 13.9 Å². The second-order valence-corrected chi connectivity index (χ2v) is 11.8. The fourth-order valence-electron chi connectivity index (χ4n) is 6.17. The fraction of sp³-hybridized carbons (Fsp3) is 0.548. The fourth-order valence-corrected chi connectivity index (χ4v) is 6.17. The molecule has 1 saturated heterocycles. The summed E-state index contributed by atoms with van der Waals surface area (Å²) in [5, 5.41) is 14.2. The van der Waals surface area contributed by atoms with Gasteiger partial charge in [-0.25, -0.2) is 14.4 Å². The summed E-state index contributed by atoms with van der Waals surface area (Å²) >= 11 is 0. The van der Waals surface area contributed by atoms with Crippen molar-refractivity contribution in [3.8, 4) is 0 Å². The number of methoxy groups -OCH3 is 1. The van der Waals surface area contributed by atoms with Crippen molar-refractivity contribution in [3.05, 3.63) is 58.2 Å². The van der Waals surface area contributed by atoms with Crippen LogP contribution in [0.1, 0.15) is 74.2 Å². The van der Waals surface area contributed by atoms with E-state index in [1.807, 2.05) is 6.92 Å². The lowest BCUT2D eigenvalue weighted by molar-refractivity contribution is -0.170. The average molecular weight is 557 g/mol. The molecule has 9 heteroatoms. The molecule has 1 aromatic heterocycles. The number of piperidine rings is 1. The number of alkyl halides is 2. The summed E-state index contributed by atoms with van der Waals surface area (Å²) < 4.78 is 50.8. The van der Waals surface area contributed by atoms with E-state index in [1.165, 1.54) is 28.9 Å². The third-order valence-corrected chi connectivity index (χ3v) is 8.46. The second-order valence-electron chi connectivity index (χ2n) is 11.8. The van der Waals surface area contributed by atoms with Gasteiger partial charge in [0.1, 0.15) is 23.1 Å². The van der Waals surface area contributed by atoms with Gasteiger partial charge in [-0.15, -0.1) is 0 Å². The molecule has 6 nitrogen and oxygen atoms in total. The molecule has 1 unspecified atom stereocenters. The quantitative estimate of drug-likeness (QED) is 0.332. The van der Waals surface area contributed by atoms with Crippen LogP contribution in [0.3, 0.4) is 0 Å². The Kier molecular flexibility index (Phi) is 7.74. The predicted molar refractivity (Wildman–Crippen MR) is 152 cm³/mol. The maximum atomic E-state index is 15.5. The van der Waals surface area contributed by atoms with Gasteiger partial charge in [0.05, 0.1) is 17.1 Å².